The van der Waals surface area contributed by atoms with Crippen LogP contribution in [-0.2, 0) is 17.6 Å². The number of nitrogens with zero attached hydrogens (tertiary/aromatic N) is 2. The molecule has 150 valence electrons. The molecule has 0 saturated heterocycles. The molecule has 2 unspecified atom stereocenters. The van der Waals surface area contributed by atoms with Gasteiger partial charge in [-0.2, -0.15) is 0 Å². The summed E-state index contributed by atoms with van der Waals surface area (Å²) in [6.45, 7) is 2.30. The van der Waals surface area contributed by atoms with E-state index in [-0.39, 0.29) is 11.8 Å². The van der Waals surface area contributed by atoms with Crippen molar-refractivity contribution in [2.75, 3.05) is 38.0 Å². The summed E-state index contributed by atoms with van der Waals surface area (Å²) >= 11 is 0. The fourth-order valence-corrected chi connectivity index (χ4v) is 4.43. The minimum absolute atomic E-state index is 0.153. The highest BCUT2D eigenvalue weighted by atomic mass is 16.1. The van der Waals surface area contributed by atoms with E-state index < -0.39 is 0 Å². The Labute approximate surface area is 170 Å². The SMILES string of the molecule is CC1CC(Cc2ccc(N(C)C)cc2)C(=O)C(Cc2ccc(N(C)C)cc2)C1. The molecule has 3 rings (SSSR count). The van der Waals surface area contributed by atoms with Gasteiger partial charge in [0.15, 0.2) is 0 Å². The van der Waals surface area contributed by atoms with Crippen molar-refractivity contribution < 1.29 is 4.79 Å². The molecule has 0 bridgehead atoms. The van der Waals surface area contributed by atoms with Crippen molar-refractivity contribution in [1.82, 2.24) is 0 Å². The predicted octanol–water partition coefficient (Wildman–Crippen LogP) is 4.84. The Morgan fingerprint density at radius 3 is 1.39 bits per heavy atom. The van der Waals surface area contributed by atoms with E-state index >= 15 is 0 Å². The molecular weight excluding hydrogens is 344 g/mol. The summed E-state index contributed by atoms with van der Waals surface area (Å²) in [5, 5.41) is 0. The number of ketones is 1. The van der Waals surface area contributed by atoms with Gasteiger partial charge >= 0.3 is 0 Å². The molecule has 1 aliphatic rings. The number of rotatable bonds is 6. The van der Waals surface area contributed by atoms with Crippen molar-refractivity contribution in [2.24, 2.45) is 17.8 Å². The Morgan fingerprint density at radius 1 is 0.714 bits per heavy atom. The topological polar surface area (TPSA) is 23.6 Å². The van der Waals surface area contributed by atoms with Gasteiger partial charge in [0.2, 0.25) is 0 Å². The zero-order valence-electron chi connectivity index (χ0n) is 18.0. The van der Waals surface area contributed by atoms with Crippen LogP contribution in [0.3, 0.4) is 0 Å². The summed E-state index contributed by atoms with van der Waals surface area (Å²) < 4.78 is 0. The van der Waals surface area contributed by atoms with Gasteiger partial charge in [-0.3, -0.25) is 4.79 Å². The first-order chi connectivity index (χ1) is 13.3. The predicted molar refractivity (Wildman–Crippen MR) is 119 cm³/mol. The van der Waals surface area contributed by atoms with Gasteiger partial charge in [0.05, 0.1) is 0 Å². The standard InChI is InChI=1S/C25H34N2O/c1-18-14-21(16-19-6-10-23(11-7-19)26(2)3)25(28)22(15-18)17-20-8-12-24(13-9-20)27(4)5/h6-13,18,21-22H,14-17H2,1-5H3. The highest BCUT2D eigenvalue weighted by Gasteiger charge is 2.34. The highest BCUT2D eigenvalue weighted by Crippen LogP contribution is 2.34. The van der Waals surface area contributed by atoms with Gasteiger partial charge in [-0.25, -0.2) is 0 Å². The molecule has 1 saturated carbocycles. The van der Waals surface area contributed by atoms with Gasteiger partial charge in [-0.1, -0.05) is 31.2 Å². The van der Waals surface area contributed by atoms with Crippen LogP contribution in [0, 0.1) is 17.8 Å². The second kappa shape index (κ2) is 8.81. The smallest absolute Gasteiger partial charge is 0.139 e. The molecule has 0 amide bonds. The first kappa shape index (κ1) is 20.4. The van der Waals surface area contributed by atoms with E-state index in [0.717, 1.165) is 25.7 Å². The van der Waals surface area contributed by atoms with E-state index in [9.17, 15) is 4.79 Å². The summed E-state index contributed by atoms with van der Waals surface area (Å²) in [6, 6.07) is 17.3. The first-order valence-electron chi connectivity index (χ1n) is 10.4. The number of hydrogen-bond donors (Lipinski definition) is 0. The maximum atomic E-state index is 13.2. The molecule has 0 N–H and O–H groups in total. The molecule has 0 radical (unpaired) electrons. The molecule has 28 heavy (non-hydrogen) atoms. The molecule has 2 aromatic carbocycles. The average Bonchev–Trinajstić information content (AvgIpc) is 2.66. The average molecular weight is 379 g/mol. The molecule has 2 aromatic rings. The highest BCUT2D eigenvalue weighted by molar-refractivity contribution is 5.84. The van der Waals surface area contributed by atoms with E-state index in [0.29, 0.717) is 11.7 Å². The zero-order chi connectivity index (χ0) is 20.3. The fourth-order valence-electron chi connectivity index (χ4n) is 4.43. The van der Waals surface area contributed by atoms with Crippen LogP contribution in [0.1, 0.15) is 30.9 Å². The van der Waals surface area contributed by atoms with E-state index in [2.05, 4.69) is 93.4 Å². The normalized spacial score (nSPS) is 22.2. The van der Waals surface area contributed by atoms with Crippen molar-refractivity contribution >= 4 is 17.2 Å². The first-order valence-corrected chi connectivity index (χ1v) is 10.4. The number of benzene rings is 2. The molecule has 0 aromatic heterocycles. The number of anilines is 2. The Balaban J connectivity index is 1.67. The van der Waals surface area contributed by atoms with Gasteiger partial charge < -0.3 is 9.80 Å². The summed E-state index contributed by atoms with van der Waals surface area (Å²) in [5.41, 5.74) is 4.94. The Bertz CT molecular complexity index is 712. The molecular formula is C25H34N2O. The summed E-state index contributed by atoms with van der Waals surface area (Å²) in [4.78, 5) is 17.4. The molecule has 3 heteroatoms. The van der Waals surface area contributed by atoms with E-state index in [1.807, 2.05) is 0 Å². The molecule has 3 nitrogen and oxygen atoms in total. The molecule has 0 spiro atoms. The lowest BCUT2D eigenvalue weighted by molar-refractivity contribution is -0.130. The Morgan fingerprint density at radius 2 is 1.07 bits per heavy atom. The number of Topliss-reactive ketones (excluding diaryl/α,β-unsaturated/α-hetero) is 1. The van der Waals surface area contributed by atoms with E-state index in [4.69, 9.17) is 0 Å². The van der Waals surface area contributed by atoms with E-state index in [1.165, 1.54) is 22.5 Å². The minimum atomic E-state index is 0.153. The van der Waals surface area contributed by atoms with Crippen LogP contribution in [0.2, 0.25) is 0 Å². The third kappa shape index (κ3) is 4.95. The molecule has 2 atom stereocenters. The van der Waals surface area contributed by atoms with Crippen LogP contribution in [0.4, 0.5) is 11.4 Å². The summed E-state index contributed by atoms with van der Waals surface area (Å²) in [6.07, 6.45) is 3.77. The molecule has 0 aliphatic heterocycles. The van der Waals surface area contributed by atoms with Gasteiger partial charge in [-0.15, -0.1) is 0 Å². The van der Waals surface area contributed by atoms with Crippen molar-refractivity contribution in [3.8, 4) is 0 Å². The summed E-state index contributed by atoms with van der Waals surface area (Å²) in [5.74, 6) is 1.38. The number of carbonyl (C=O) groups is 1. The van der Waals surface area contributed by atoms with Crippen LogP contribution in [0.15, 0.2) is 48.5 Å². The second-order valence-electron chi connectivity index (χ2n) is 8.90. The molecule has 0 heterocycles. The second-order valence-corrected chi connectivity index (χ2v) is 8.90. The van der Waals surface area contributed by atoms with Gasteiger partial charge in [0, 0.05) is 51.4 Å². The van der Waals surface area contributed by atoms with Gasteiger partial charge in [0.1, 0.15) is 5.78 Å². The number of hydrogen-bond acceptors (Lipinski definition) is 3. The van der Waals surface area contributed by atoms with Gasteiger partial charge in [0.25, 0.3) is 0 Å². The van der Waals surface area contributed by atoms with Crippen LogP contribution < -0.4 is 9.80 Å². The van der Waals surface area contributed by atoms with Crippen LogP contribution in [-0.4, -0.2) is 34.0 Å². The largest absolute Gasteiger partial charge is 0.378 e. The van der Waals surface area contributed by atoms with Crippen molar-refractivity contribution in [2.45, 2.75) is 32.6 Å². The van der Waals surface area contributed by atoms with E-state index in [1.54, 1.807) is 0 Å². The lowest BCUT2D eigenvalue weighted by atomic mass is 9.71. The monoisotopic (exact) mass is 378 g/mol. The van der Waals surface area contributed by atoms with Gasteiger partial charge in [-0.05, 0) is 67.0 Å². The maximum Gasteiger partial charge on any atom is 0.139 e. The minimum Gasteiger partial charge on any atom is -0.378 e. The van der Waals surface area contributed by atoms with Crippen LogP contribution >= 0.6 is 0 Å². The molecule has 1 fully saturated rings. The fraction of sp³-hybridized carbons (Fsp3) is 0.480. The van der Waals surface area contributed by atoms with Crippen molar-refractivity contribution in [1.29, 1.82) is 0 Å². The van der Waals surface area contributed by atoms with Crippen LogP contribution in [0.25, 0.3) is 0 Å². The quantitative estimate of drug-likeness (QED) is 0.719. The number of carbonyl (C=O) groups excluding carboxylic acids is 1. The third-order valence-corrected chi connectivity index (χ3v) is 6.05. The van der Waals surface area contributed by atoms with Crippen LogP contribution in [0.5, 0.6) is 0 Å². The zero-order valence-corrected chi connectivity index (χ0v) is 18.0. The Kier molecular flexibility index (Phi) is 6.43. The molecule has 1 aliphatic carbocycles. The lowest BCUT2D eigenvalue weighted by Gasteiger charge is -2.32. The Hall–Kier alpha value is -2.29. The summed E-state index contributed by atoms with van der Waals surface area (Å²) in [7, 11) is 8.21. The van der Waals surface area contributed by atoms with Crippen molar-refractivity contribution in [3.63, 3.8) is 0 Å². The maximum absolute atomic E-state index is 13.2. The van der Waals surface area contributed by atoms with Crippen molar-refractivity contribution in [3.05, 3.63) is 59.7 Å². The third-order valence-electron chi connectivity index (χ3n) is 6.05. The lowest BCUT2D eigenvalue weighted by Crippen LogP contribution is -2.34.